The lowest BCUT2D eigenvalue weighted by Gasteiger charge is -2.11. The van der Waals surface area contributed by atoms with Gasteiger partial charge in [-0.05, 0) is 26.8 Å². The Bertz CT molecular complexity index is 252. The Hall–Kier alpha value is -0.370. The van der Waals surface area contributed by atoms with Gasteiger partial charge >= 0.3 is 0 Å². The van der Waals surface area contributed by atoms with E-state index in [4.69, 9.17) is 0 Å². The highest BCUT2D eigenvalue weighted by atomic mass is 16.1. The minimum Gasteiger partial charge on any atom is -0.314 e. The van der Waals surface area contributed by atoms with Gasteiger partial charge in [-0.15, -0.1) is 0 Å². The molecule has 0 aromatic rings. The summed E-state index contributed by atoms with van der Waals surface area (Å²) in [4.78, 5) is 11.0. The molecule has 0 radical (unpaired) electrons. The molecule has 23 heavy (non-hydrogen) atoms. The van der Waals surface area contributed by atoms with Gasteiger partial charge in [-0.1, -0.05) is 90.4 Å². The molecular weight excluding hydrogens is 282 g/mol. The van der Waals surface area contributed by atoms with Crippen molar-refractivity contribution in [3.63, 3.8) is 0 Å². The highest BCUT2D eigenvalue weighted by Crippen LogP contribution is 2.12. The van der Waals surface area contributed by atoms with Crippen LogP contribution in [0.4, 0.5) is 0 Å². The Balaban J connectivity index is 3.06. The fourth-order valence-electron chi connectivity index (χ4n) is 3.17. The fourth-order valence-corrected chi connectivity index (χ4v) is 3.17. The maximum Gasteiger partial charge on any atom is 0.131 e. The molecule has 0 spiro atoms. The molecule has 0 saturated heterocycles. The number of hydrogen-bond donors (Lipinski definition) is 1. The molecule has 0 rings (SSSR count). The van der Waals surface area contributed by atoms with Crippen LogP contribution in [0.1, 0.15) is 117 Å². The van der Waals surface area contributed by atoms with Gasteiger partial charge in [0.15, 0.2) is 0 Å². The van der Waals surface area contributed by atoms with E-state index in [1.54, 1.807) is 6.92 Å². The summed E-state index contributed by atoms with van der Waals surface area (Å²) < 4.78 is 0. The number of carbonyl (C=O) groups excluding carboxylic acids is 1. The monoisotopic (exact) mass is 325 g/mol. The van der Waals surface area contributed by atoms with E-state index in [0.717, 1.165) is 6.54 Å². The highest BCUT2D eigenvalue weighted by molar-refractivity contribution is 5.76. The van der Waals surface area contributed by atoms with E-state index in [2.05, 4.69) is 19.2 Å². The zero-order valence-electron chi connectivity index (χ0n) is 16.3. The minimum atomic E-state index is 0.283. The Kier molecular flexibility index (Phi) is 17.7. The van der Waals surface area contributed by atoms with Crippen molar-refractivity contribution < 1.29 is 4.79 Å². The Morgan fingerprint density at radius 1 is 0.739 bits per heavy atom. The summed E-state index contributed by atoms with van der Waals surface area (Å²) in [6.45, 7) is 7.12. The lowest BCUT2D eigenvalue weighted by Crippen LogP contribution is -2.28. The van der Waals surface area contributed by atoms with Crippen LogP contribution < -0.4 is 5.32 Å². The molecule has 0 aromatic heterocycles. The van der Waals surface area contributed by atoms with Crippen molar-refractivity contribution in [2.75, 3.05) is 6.54 Å². The van der Waals surface area contributed by atoms with E-state index in [1.807, 2.05) is 0 Å². The molecular formula is C21H43NO. The van der Waals surface area contributed by atoms with Crippen molar-refractivity contribution in [3.8, 4) is 0 Å². The van der Waals surface area contributed by atoms with Gasteiger partial charge in [0.2, 0.25) is 0 Å². The van der Waals surface area contributed by atoms with Crippen molar-refractivity contribution in [2.45, 2.75) is 123 Å². The molecule has 0 aromatic carbocycles. The van der Waals surface area contributed by atoms with Crippen LogP contribution in [0, 0.1) is 0 Å². The number of ketones is 1. The van der Waals surface area contributed by atoms with Gasteiger partial charge in [0.1, 0.15) is 5.78 Å². The van der Waals surface area contributed by atoms with Crippen molar-refractivity contribution in [3.05, 3.63) is 0 Å². The molecule has 1 unspecified atom stereocenters. The Morgan fingerprint density at radius 3 is 1.52 bits per heavy atom. The molecule has 138 valence electrons. The maximum absolute atomic E-state index is 11.0. The summed E-state index contributed by atoms with van der Waals surface area (Å²) in [5.74, 6) is 0.283. The van der Waals surface area contributed by atoms with Crippen LogP contribution in [0.5, 0.6) is 0 Å². The van der Waals surface area contributed by atoms with E-state index in [-0.39, 0.29) is 5.78 Å². The second-order valence-corrected chi connectivity index (χ2v) is 7.36. The van der Waals surface area contributed by atoms with Gasteiger partial charge in [0.05, 0.1) is 0 Å². The average Bonchev–Trinajstić information content (AvgIpc) is 2.50. The fraction of sp³-hybridized carbons (Fsp3) is 0.952. The first-order chi connectivity index (χ1) is 11.2. The lowest BCUT2D eigenvalue weighted by molar-refractivity contribution is -0.117. The van der Waals surface area contributed by atoms with Gasteiger partial charge in [0, 0.05) is 12.5 Å². The molecule has 0 bridgehead atoms. The smallest absolute Gasteiger partial charge is 0.131 e. The Labute approximate surface area is 146 Å². The third-order valence-corrected chi connectivity index (χ3v) is 4.62. The third kappa shape index (κ3) is 19.6. The molecule has 2 nitrogen and oxygen atoms in total. The molecule has 0 saturated carbocycles. The molecule has 0 aliphatic rings. The molecule has 1 N–H and O–H groups in total. The van der Waals surface area contributed by atoms with Crippen molar-refractivity contribution in [2.24, 2.45) is 0 Å². The summed E-state index contributed by atoms with van der Waals surface area (Å²) in [7, 11) is 0. The van der Waals surface area contributed by atoms with Gasteiger partial charge in [0.25, 0.3) is 0 Å². The van der Waals surface area contributed by atoms with Crippen LogP contribution in [0.2, 0.25) is 0 Å². The van der Waals surface area contributed by atoms with Crippen LogP contribution in [-0.4, -0.2) is 18.4 Å². The predicted molar refractivity (Wildman–Crippen MR) is 103 cm³/mol. The van der Waals surface area contributed by atoms with Crippen molar-refractivity contribution in [1.82, 2.24) is 5.32 Å². The van der Waals surface area contributed by atoms with Crippen molar-refractivity contribution in [1.29, 1.82) is 0 Å². The van der Waals surface area contributed by atoms with Crippen LogP contribution in [0.25, 0.3) is 0 Å². The number of rotatable bonds is 18. The SMILES string of the molecule is CCCCCCCCCCCCCCCCNC(C)CC(C)=O. The third-order valence-electron chi connectivity index (χ3n) is 4.62. The molecule has 0 fully saturated rings. The van der Waals surface area contributed by atoms with Gasteiger partial charge in [-0.2, -0.15) is 0 Å². The molecule has 1 atom stereocenters. The standard InChI is InChI=1S/C21H43NO/c1-4-5-6-7-8-9-10-11-12-13-14-15-16-17-18-22-20(2)19-21(3)23/h20,22H,4-19H2,1-3H3. The molecule has 0 aliphatic carbocycles. The van der Waals surface area contributed by atoms with Crippen LogP contribution in [0.3, 0.4) is 0 Å². The molecule has 2 heteroatoms. The highest BCUT2D eigenvalue weighted by Gasteiger charge is 2.03. The van der Waals surface area contributed by atoms with E-state index < -0.39 is 0 Å². The van der Waals surface area contributed by atoms with E-state index in [0.29, 0.717) is 12.5 Å². The quantitative estimate of drug-likeness (QED) is 0.294. The summed E-state index contributed by atoms with van der Waals surface area (Å²) >= 11 is 0. The van der Waals surface area contributed by atoms with Crippen LogP contribution in [0.15, 0.2) is 0 Å². The number of carbonyl (C=O) groups is 1. The van der Waals surface area contributed by atoms with Crippen LogP contribution in [-0.2, 0) is 4.79 Å². The molecule has 0 heterocycles. The van der Waals surface area contributed by atoms with Gasteiger partial charge in [-0.3, -0.25) is 4.79 Å². The first-order valence-electron chi connectivity index (χ1n) is 10.4. The Morgan fingerprint density at radius 2 is 1.13 bits per heavy atom. The first-order valence-corrected chi connectivity index (χ1v) is 10.4. The number of hydrogen-bond acceptors (Lipinski definition) is 2. The van der Waals surface area contributed by atoms with E-state index in [1.165, 1.54) is 89.9 Å². The normalized spacial score (nSPS) is 12.5. The lowest BCUT2D eigenvalue weighted by atomic mass is 10.0. The summed E-state index contributed by atoms with van der Waals surface area (Å²) in [6, 6.07) is 0.342. The van der Waals surface area contributed by atoms with E-state index in [9.17, 15) is 4.79 Å². The molecule has 0 amide bonds. The molecule has 0 aliphatic heterocycles. The first kappa shape index (κ1) is 22.6. The zero-order valence-corrected chi connectivity index (χ0v) is 16.3. The van der Waals surface area contributed by atoms with Crippen LogP contribution >= 0.6 is 0 Å². The second kappa shape index (κ2) is 18.0. The minimum absolute atomic E-state index is 0.283. The average molecular weight is 326 g/mol. The summed E-state index contributed by atoms with van der Waals surface area (Å²) in [6.07, 6.45) is 20.3. The summed E-state index contributed by atoms with van der Waals surface area (Å²) in [5, 5.41) is 3.44. The van der Waals surface area contributed by atoms with E-state index >= 15 is 0 Å². The number of unbranched alkanes of at least 4 members (excludes halogenated alkanes) is 13. The maximum atomic E-state index is 11.0. The number of Topliss-reactive ketones (excluding diaryl/α,β-unsaturated/α-hetero) is 1. The van der Waals surface area contributed by atoms with Crippen molar-refractivity contribution >= 4 is 5.78 Å². The van der Waals surface area contributed by atoms with Gasteiger partial charge < -0.3 is 5.32 Å². The predicted octanol–water partition coefficient (Wildman–Crippen LogP) is 6.42. The number of nitrogens with one attached hydrogen (secondary N) is 1. The second-order valence-electron chi connectivity index (χ2n) is 7.36. The topological polar surface area (TPSA) is 29.1 Å². The zero-order chi connectivity index (χ0) is 17.2. The van der Waals surface area contributed by atoms with Gasteiger partial charge in [-0.25, -0.2) is 0 Å². The summed E-state index contributed by atoms with van der Waals surface area (Å²) in [5.41, 5.74) is 0. The largest absolute Gasteiger partial charge is 0.314 e.